The molecule has 1 unspecified atom stereocenters. The molecule has 1 fully saturated rings. The van der Waals surface area contributed by atoms with Crippen LogP contribution in [0.2, 0.25) is 0 Å². The Morgan fingerprint density at radius 2 is 2.56 bits per heavy atom. The third kappa shape index (κ3) is 1.12. The lowest BCUT2D eigenvalue weighted by atomic mass is 9.90. The number of esters is 1. The molecule has 0 N–H and O–H groups in total. The molecule has 1 heterocycles. The van der Waals surface area contributed by atoms with Crippen molar-refractivity contribution >= 4 is 5.97 Å². The molecule has 1 aliphatic rings. The molecule has 1 atom stereocenters. The normalized spacial score (nSPS) is 34.1. The van der Waals surface area contributed by atoms with Gasteiger partial charge in [0.15, 0.2) is 0 Å². The highest BCUT2D eigenvalue weighted by molar-refractivity contribution is 5.72. The first-order chi connectivity index (χ1) is 4.16. The number of carbonyl (C=O) groups is 1. The summed E-state index contributed by atoms with van der Waals surface area (Å²) >= 11 is 0. The minimum Gasteiger partial charge on any atom is -0.465 e. The van der Waals surface area contributed by atoms with Gasteiger partial charge in [0.25, 0.3) is 0 Å². The van der Waals surface area contributed by atoms with Crippen molar-refractivity contribution in [1.82, 2.24) is 0 Å². The van der Waals surface area contributed by atoms with E-state index in [1.807, 2.05) is 6.92 Å². The van der Waals surface area contributed by atoms with E-state index in [0.717, 1.165) is 0 Å². The van der Waals surface area contributed by atoms with E-state index in [1.165, 1.54) is 0 Å². The quantitative estimate of drug-likeness (QED) is 0.389. The summed E-state index contributed by atoms with van der Waals surface area (Å²) in [6.07, 6.45) is 2.26. The van der Waals surface area contributed by atoms with Crippen LogP contribution in [0.15, 0.2) is 12.7 Å². The summed E-state index contributed by atoms with van der Waals surface area (Å²) in [6, 6.07) is 0. The lowest BCUT2D eigenvalue weighted by Gasteiger charge is -2.11. The summed E-state index contributed by atoms with van der Waals surface area (Å²) < 4.78 is 4.75. The van der Waals surface area contributed by atoms with E-state index in [1.54, 1.807) is 6.08 Å². The first kappa shape index (κ1) is 6.33. The van der Waals surface area contributed by atoms with E-state index < -0.39 is 0 Å². The molecule has 1 aliphatic heterocycles. The molecule has 1 saturated heterocycles. The Hall–Kier alpha value is -0.790. The Balaban J connectivity index is 2.65. The van der Waals surface area contributed by atoms with Crippen molar-refractivity contribution in [1.29, 1.82) is 0 Å². The fourth-order valence-corrected chi connectivity index (χ4v) is 0.808. The van der Waals surface area contributed by atoms with Gasteiger partial charge in [0.1, 0.15) is 6.61 Å². The highest BCUT2D eigenvalue weighted by Gasteiger charge is 2.32. The van der Waals surface area contributed by atoms with Gasteiger partial charge in [0, 0.05) is 5.41 Å². The molecule has 0 aromatic rings. The van der Waals surface area contributed by atoms with Crippen molar-refractivity contribution < 1.29 is 9.53 Å². The first-order valence-corrected chi connectivity index (χ1v) is 2.95. The van der Waals surface area contributed by atoms with Gasteiger partial charge in [-0.3, -0.25) is 4.79 Å². The van der Waals surface area contributed by atoms with Crippen LogP contribution in [-0.4, -0.2) is 12.6 Å². The van der Waals surface area contributed by atoms with Crippen LogP contribution in [0, 0.1) is 5.41 Å². The van der Waals surface area contributed by atoms with Crippen molar-refractivity contribution in [3.8, 4) is 0 Å². The van der Waals surface area contributed by atoms with Gasteiger partial charge in [-0.2, -0.15) is 0 Å². The predicted molar refractivity (Wildman–Crippen MR) is 33.9 cm³/mol. The fraction of sp³-hybridized carbons (Fsp3) is 0.571. The molecule has 0 aliphatic carbocycles. The van der Waals surface area contributed by atoms with Gasteiger partial charge in [0.2, 0.25) is 0 Å². The molecular weight excluding hydrogens is 116 g/mol. The SMILES string of the molecule is C=CC1(C)COC(=O)C1. The molecule has 0 bridgehead atoms. The van der Waals surface area contributed by atoms with Crippen molar-refractivity contribution in [3.05, 3.63) is 12.7 Å². The Labute approximate surface area is 54.5 Å². The molecular formula is C7H10O2. The van der Waals surface area contributed by atoms with Crippen LogP contribution in [-0.2, 0) is 9.53 Å². The number of hydrogen-bond donors (Lipinski definition) is 0. The molecule has 0 aromatic heterocycles. The van der Waals surface area contributed by atoms with Crippen molar-refractivity contribution in [3.63, 3.8) is 0 Å². The number of hydrogen-bond acceptors (Lipinski definition) is 2. The van der Waals surface area contributed by atoms with Crippen LogP contribution < -0.4 is 0 Å². The van der Waals surface area contributed by atoms with Crippen LogP contribution >= 0.6 is 0 Å². The first-order valence-electron chi connectivity index (χ1n) is 2.95. The molecule has 0 aromatic carbocycles. The molecule has 9 heavy (non-hydrogen) atoms. The summed E-state index contributed by atoms with van der Waals surface area (Å²) in [5.74, 6) is -0.114. The summed E-state index contributed by atoms with van der Waals surface area (Å²) in [7, 11) is 0. The van der Waals surface area contributed by atoms with E-state index in [0.29, 0.717) is 13.0 Å². The number of rotatable bonds is 1. The maximum absolute atomic E-state index is 10.5. The third-order valence-electron chi connectivity index (χ3n) is 1.60. The second-order valence-corrected chi connectivity index (χ2v) is 2.70. The molecule has 2 heteroatoms. The van der Waals surface area contributed by atoms with Crippen molar-refractivity contribution in [2.75, 3.05) is 6.61 Å². The standard InChI is InChI=1S/C7H10O2/c1-3-7(2)4-6(8)9-5-7/h3H,1,4-5H2,2H3. The van der Waals surface area contributed by atoms with Crippen molar-refractivity contribution in [2.45, 2.75) is 13.3 Å². The lowest BCUT2D eigenvalue weighted by molar-refractivity contribution is -0.137. The number of ether oxygens (including phenoxy) is 1. The third-order valence-corrected chi connectivity index (χ3v) is 1.60. The highest BCUT2D eigenvalue weighted by atomic mass is 16.5. The van der Waals surface area contributed by atoms with E-state index in [2.05, 4.69) is 6.58 Å². The number of carbonyl (C=O) groups excluding carboxylic acids is 1. The maximum Gasteiger partial charge on any atom is 0.306 e. The summed E-state index contributed by atoms with van der Waals surface area (Å²) in [5.41, 5.74) is -0.100. The average Bonchev–Trinajstić information content (AvgIpc) is 2.13. The van der Waals surface area contributed by atoms with Crippen LogP contribution in [0.5, 0.6) is 0 Å². The van der Waals surface area contributed by atoms with Gasteiger partial charge in [-0.15, -0.1) is 6.58 Å². The average molecular weight is 126 g/mol. The summed E-state index contributed by atoms with van der Waals surface area (Å²) in [4.78, 5) is 10.5. The Morgan fingerprint density at radius 1 is 1.89 bits per heavy atom. The second-order valence-electron chi connectivity index (χ2n) is 2.70. The lowest BCUT2D eigenvalue weighted by Crippen LogP contribution is -2.11. The second kappa shape index (κ2) is 1.87. The van der Waals surface area contributed by atoms with E-state index >= 15 is 0 Å². The molecule has 0 radical (unpaired) electrons. The molecule has 0 spiro atoms. The van der Waals surface area contributed by atoms with Gasteiger partial charge in [-0.1, -0.05) is 13.0 Å². The fourth-order valence-electron chi connectivity index (χ4n) is 0.808. The largest absolute Gasteiger partial charge is 0.465 e. The van der Waals surface area contributed by atoms with Crippen LogP contribution in [0.4, 0.5) is 0 Å². The zero-order valence-corrected chi connectivity index (χ0v) is 5.52. The van der Waals surface area contributed by atoms with E-state index in [4.69, 9.17) is 4.74 Å². The minimum absolute atomic E-state index is 0.100. The van der Waals surface area contributed by atoms with E-state index in [9.17, 15) is 4.79 Å². The molecule has 1 rings (SSSR count). The van der Waals surface area contributed by atoms with Gasteiger partial charge in [0.05, 0.1) is 6.42 Å². The number of cyclic esters (lactones) is 1. The smallest absolute Gasteiger partial charge is 0.306 e. The van der Waals surface area contributed by atoms with Gasteiger partial charge < -0.3 is 4.74 Å². The summed E-state index contributed by atoms with van der Waals surface area (Å²) in [6.45, 7) is 6.08. The van der Waals surface area contributed by atoms with Gasteiger partial charge in [-0.05, 0) is 0 Å². The molecule has 0 saturated carbocycles. The Bertz CT molecular complexity index is 151. The van der Waals surface area contributed by atoms with Crippen LogP contribution in [0.25, 0.3) is 0 Å². The zero-order chi connectivity index (χ0) is 6.91. The molecule has 2 nitrogen and oxygen atoms in total. The van der Waals surface area contributed by atoms with Crippen LogP contribution in [0.3, 0.4) is 0 Å². The molecule has 0 amide bonds. The monoisotopic (exact) mass is 126 g/mol. The zero-order valence-electron chi connectivity index (χ0n) is 5.52. The maximum atomic E-state index is 10.5. The Kier molecular flexibility index (Phi) is 1.31. The molecule has 50 valence electrons. The summed E-state index contributed by atoms with van der Waals surface area (Å²) in [5, 5.41) is 0. The predicted octanol–water partition coefficient (Wildman–Crippen LogP) is 1.13. The van der Waals surface area contributed by atoms with Crippen LogP contribution in [0.1, 0.15) is 13.3 Å². The topological polar surface area (TPSA) is 26.3 Å². The minimum atomic E-state index is -0.114. The van der Waals surface area contributed by atoms with Gasteiger partial charge >= 0.3 is 5.97 Å². The van der Waals surface area contributed by atoms with Crippen molar-refractivity contribution in [2.24, 2.45) is 5.41 Å². The van der Waals surface area contributed by atoms with E-state index in [-0.39, 0.29) is 11.4 Å². The van der Waals surface area contributed by atoms with Gasteiger partial charge in [-0.25, -0.2) is 0 Å². The Morgan fingerprint density at radius 3 is 2.78 bits per heavy atom. The highest BCUT2D eigenvalue weighted by Crippen LogP contribution is 2.29.